The van der Waals surface area contributed by atoms with Crippen LogP contribution < -0.4 is 10.6 Å². The van der Waals surface area contributed by atoms with E-state index >= 15 is 0 Å². The first kappa shape index (κ1) is 21.7. The van der Waals surface area contributed by atoms with Crippen LogP contribution in [0.1, 0.15) is 27.7 Å². The monoisotopic (exact) mass is 470 g/mol. The second kappa shape index (κ2) is 9.28. The van der Waals surface area contributed by atoms with E-state index in [1.807, 2.05) is 35.7 Å². The lowest BCUT2D eigenvalue weighted by molar-refractivity contribution is -0.134. The molecule has 0 radical (unpaired) electrons. The number of rotatable bonds is 7. The fourth-order valence-electron chi connectivity index (χ4n) is 3.31. The fraction of sp³-hybridized carbons (Fsp3) is 0.190. The summed E-state index contributed by atoms with van der Waals surface area (Å²) in [7, 11) is 1.23. The highest BCUT2D eigenvalue weighted by atomic mass is 32.1. The van der Waals surface area contributed by atoms with Crippen LogP contribution in [0.3, 0.4) is 0 Å². The molecular formula is C21H18N4O5S2. The number of carbonyl (C=O) groups is 4. The van der Waals surface area contributed by atoms with Gasteiger partial charge in [0.15, 0.2) is 10.8 Å². The second-order valence-electron chi connectivity index (χ2n) is 6.87. The van der Waals surface area contributed by atoms with Crippen molar-refractivity contribution in [1.29, 1.82) is 0 Å². The highest BCUT2D eigenvalue weighted by molar-refractivity contribution is 7.14. The van der Waals surface area contributed by atoms with E-state index in [0.717, 1.165) is 21.8 Å². The van der Waals surface area contributed by atoms with E-state index in [9.17, 15) is 19.2 Å². The highest BCUT2D eigenvalue weighted by Crippen LogP contribution is 2.27. The van der Waals surface area contributed by atoms with Crippen molar-refractivity contribution >= 4 is 51.6 Å². The fourth-order valence-corrected chi connectivity index (χ4v) is 4.68. The largest absolute Gasteiger partial charge is 0.464 e. The normalized spacial score (nSPS) is 16.5. The number of nitrogens with zero attached hydrogens (tertiary/aromatic N) is 2. The SMILES string of the molecule is COC(=O)c1csc(NC(=O)C(Cc2ccccc2)N2C(=O)NC(c3ccsc3)C2=O)n1. The minimum Gasteiger partial charge on any atom is -0.464 e. The summed E-state index contributed by atoms with van der Waals surface area (Å²) in [6, 6.07) is 8.25. The molecule has 9 nitrogen and oxygen atoms in total. The number of benzene rings is 1. The Morgan fingerprint density at radius 1 is 1.22 bits per heavy atom. The van der Waals surface area contributed by atoms with Crippen LogP contribution in [0.4, 0.5) is 9.93 Å². The number of hydrogen-bond donors (Lipinski definition) is 2. The number of thiophene rings is 1. The summed E-state index contributed by atoms with van der Waals surface area (Å²) in [5, 5.41) is 10.5. The Balaban J connectivity index is 1.60. The first-order chi connectivity index (χ1) is 15.5. The Bertz CT molecular complexity index is 1150. The molecule has 0 bridgehead atoms. The lowest BCUT2D eigenvalue weighted by Crippen LogP contribution is -2.49. The maximum atomic E-state index is 13.2. The Labute approximate surface area is 191 Å². The van der Waals surface area contributed by atoms with Crippen LogP contribution in [0.15, 0.2) is 52.5 Å². The first-order valence-electron chi connectivity index (χ1n) is 9.52. The van der Waals surface area contributed by atoms with Gasteiger partial charge in [-0.3, -0.25) is 9.59 Å². The number of anilines is 1. The topological polar surface area (TPSA) is 118 Å². The van der Waals surface area contributed by atoms with Gasteiger partial charge in [-0.25, -0.2) is 19.5 Å². The molecule has 4 amide bonds. The molecule has 2 N–H and O–H groups in total. The van der Waals surface area contributed by atoms with Crippen LogP contribution in [0.2, 0.25) is 0 Å². The van der Waals surface area contributed by atoms with Gasteiger partial charge in [0.25, 0.3) is 5.91 Å². The first-order valence-corrected chi connectivity index (χ1v) is 11.3. The molecule has 164 valence electrons. The quantitative estimate of drug-likeness (QED) is 0.405. The van der Waals surface area contributed by atoms with Crippen LogP contribution in [0.5, 0.6) is 0 Å². The number of hydrogen-bond acceptors (Lipinski definition) is 8. The van der Waals surface area contributed by atoms with Gasteiger partial charge >= 0.3 is 12.0 Å². The number of thiazole rings is 1. The van der Waals surface area contributed by atoms with Gasteiger partial charge in [0, 0.05) is 11.8 Å². The van der Waals surface area contributed by atoms with Crippen LogP contribution in [0.25, 0.3) is 0 Å². The van der Waals surface area contributed by atoms with E-state index in [0.29, 0.717) is 5.56 Å². The predicted molar refractivity (Wildman–Crippen MR) is 118 cm³/mol. The number of nitrogens with one attached hydrogen (secondary N) is 2. The summed E-state index contributed by atoms with van der Waals surface area (Å²) in [6.07, 6.45) is 0.122. The second-order valence-corrected chi connectivity index (χ2v) is 8.51. The van der Waals surface area contributed by atoms with Gasteiger partial charge in [0.05, 0.1) is 7.11 Å². The van der Waals surface area contributed by atoms with Crippen molar-refractivity contribution < 1.29 is 23.9 Å². The third-order valence-corrected chi connectivity index (χ3v) is 6.32. The van der Waals surface area contributed by atoms with E-state index in [1.165, 1.54) is 23.8 Å². The molecule has 1 aliphatic rings. The number of carbonyl (C=O) groups excluding carboxylic acids is 4. The van der Waals surface area contributed by atoms with Gasteiger partial charge < -0.3 is 15.4 Å². The average Bonchev–Trinajstić information content (AvgIpc) is 3.54. The van der Waals surface area contributed by atoms with Gasteiger partial charge in [-0.15, -0.1) is 11.3 Å². The highest BCUT2D eigenvalue weighted by Gasteiger charge is 2.45. The Hall–Kier alpha value is -3.57. The molecule has 32 heavy (non-hydrogen) atoms. The molecule has 2 aromatic heterocycles. The van der Waals surface area contributed by atoms with E-state index in [4.69, 9.17) is 0 Å². The summed E-state index contributed by atoms with van der Waals surface area (Å²) in [6.45, 7) is 0. The minimum atomic E-state index is -1.11. The molecule has 0 spiro atoms. The maximum absolute atomic E-state index is 13.2. The van der Waals surface area contributed by atoms with E-state index in [-0.39, 0.29) is 17.2 Å². The zero-order valence-electron chi connectivity index (χ0n) is 16.8. The van der Waals surface area contributed by atoms with Gasteiger partial charge in [0.1, 0.15) is 12.1 Å². The number of urea groups is 1. The predicted octanol–water partition coefficient (Wildman–Crippen LogP) is 2.83. The van der Waals surface area contributed by atoms with Gasteiger partial charge in [0.2, 0.25) is 5.91 Å². The van der Waals surface area contributed by atoms with Crippen molar-refractivity contribution in [2.24, 2.45) is 0 Å². The van der Waals surface area contributed by atoms with Crippen LogP contribution >= 0.6 is 22.7 Å². The van der Waals surface area contributed by atoms with Crippen molar-refractivity contribution in [2.45, 2.75) is 18.5 Å². The molecule has 11 heteroatoms. The van der Waals surface area contributed by atoms with Gasteiger partial charge in [-0.1, -0.05) is 30.3 Å². The van der Waals surface area contributed by atoms with E-state index in [1.54, 1.807) is 11.4 Å². The summed E-state index contributed by atoms with van der Waals surface area (Å²) >= 11 is 2.45. The molecule has 1 aromatic carbocycles. The number of methoxy groups -OCH3 is 1. The van der Waals surface area contributed by atoms with Gasteiger partial charge in [-0.2, -0.15) is 11.3 Å². The lowest BCUT2D eigenvalue weighted by atomic mass is 10.0. The maximum Gasteiger partial charge on any atom is 0.357 e. The van der Waals surface area contributed by atoms with Crippen molar-refractivity contribution in [1.82, 2.24) is 15.2 Å². The molecule has 2 atom stereocenters. The molecule has 1 saturated heterocycles. The molecule has 3 heterocycles. The number of amides is 4. The van der Waals surface area contributed by atoms with Crippen LogP contribution in [0, 0.1) is 0 Å². The standard InChI is InChI=1S/C21H18N4O5S2/c1-30-19(28)14-11-32-20(22-14)24-17(26)15(9-12-5-3-2-4-6-12)25-18(27)16(23-21(25)29)13-7-8-31-10-13/h2-8,10-11,15-16H,9H2,1H3,(H,23,29)(H,22,24,26). The van der Waals surface area contributed by atoms with Gasteiger partial charge in [-0.05, 0) is 28.0 Å². The van der Waals surface area contributed by atoms with E-state index < -0.39 is 35.9 Å². The molecule has 2 unspecified atom stereocenters. The van der Waals surface area contributed by atoms with Crippen molar-refractivity contribution in [3.05, 3.63) is 69.4 Å². The molecule has 1 aliphatic heterocycles. The average molecular weight is 471 g/mol. The molecule has 1 fully saturated rings. The van der Waals surface area contributed by atoms with E-state index in [2.05, 4.69) is 20.4 Å². The Kier molecular flexibility index (Phi) is 6.28. The summed E-state index contributed by atoms with van der Waals surface area (Å²) < 4.78 is 4.63. The van der Waals surface area contributed by atoms with Crippen molar-refractivity contribution in [3.8, 4) is 0 Å². The number of esters is 1. The smallest absolute Gasteiger partial charge is 0.357 e. The molecule has 0 saturated carbocycles. The zero-order chi connectivity index (χ0) is 22.7. The van der Waals surface area contributed by atoms with Crippen LogP contribution in [-0.4, -0.2) is 46.9 Å². The summed E-state index contributed by atoms with van der Waals surface area (Å²) in [5.41, 5.74) is 1.50. The summed E-state index contributed by atoms with van der Waals surface area (Å²) in [5.74, 6) is -1.72. The summed E-state index contributed by atoms with van der Waals surface area (Å²) in [4.78, 5) is 55.7. The number of ether oxygens (including phenoxy) is 1. The lowest BCUT2D eigenvalue weighted by Gasteiger charge is -2.24. The Morgan fingerprint density at radius 3 is 2.69 bits per heavy atom. The third kappa shape index (κ3) is 4.39. The van der Waals surface area contributed by atoms with Crippen LogP contribution in [-0.2, 0) is 20.7 Å². The van der Waals surface area contributed by atoms with Crippen molar-refractivity contribution in [3.63, 3.8) is 0 Å². The molecule has 3 aromatic rings. The molecular weight excluding hydrogens is 452 g/mol. The number of imide groups is 1. The van der Waals surface area contributed by atoms with Crippen molar-refractivity contribution in [2.75, 3.05) is 12.4 Å². The zero-order valence-corrected chi connectivity index (χ0v) is 18.4. The molecule has 0 aliphatic carbocycles. The Morgan fingerprint density at radius 2 is 2.00 bits per heavy atom. The minimum absolute atomic E-state index is 0.0555. The number of aromatic nitrogens is 1. The third-order valence-electron chi connectivity index (χ3n) is 4.86. The molecule has 4 rings (SSSR count).